The third kappa shape index (κ3) is 1.53. The molecule has 1 amide bonds. The van der Waals surface area contributed by atoms with Crippen LogP contribution >= 0.6 is 0 Å². The summed E-state index contributed by atoms with van der Waals surface area (Å²) in [4.78, 5) is 22.0. The molecule has 0 aromatic rings. The van der Waals surface area contributed by atoms with Crippen LogP contribution in [0.1, 0.15) is 32.6 Å². The molecule has 2 atom stereocenters. The summed E-state index contributed by atoms with van der Waals surface area (Å²) < 4.78 is 5.17. The summed E-state index contributed by atoms with van der Waals surface area (Å²) in [7, 11) is 0. The number of carbonyl (C=O) groups excluding carboxylic acids is 2. The van der Waals surface area contributed by atoms with Crippen molar-refractivity contribution < 1.29 is 14.3 Å². The van der Waals surface area contributed by atoms with Gasteiger partial charge in [0, 0.05) is 26.2 Å². The quantitative estimate of drug-likeness (QED) is 0.604. The number of carbonyl (C=O) groups is 2. The van der Waals surface area contributed by atoms with Crippen LogP contribution in [0, 0.1) is 5.92 Å². The van der Waals surface area contributed by atoms with Gasteiger partial charge in [-0.15, -0.1) is 0 Å². The van der Waals surface area contributed by atoms with Crippen LogP contribution in [-0.2, 0) is 14.3 Å². The Bertz CT molecular complexity index is 260. The third-order valence-corrected chi connectivity index (χ3v) is 2.76. The van der Waals surface area contributed by atoms with Crippen LogP contribution in [0.4, 0.5) is 0 Å². The highest BCUT2D eigenvalue weighted by Gasteiger charge is 2.47. The summed E-state index contributed by atoms with van der Waals surface area (Å²) in [6.07, 6.45) is 3.12. The molecule has 0 aromatic heterocycles. The van der Waals surface area contributed by atoms with E-state index in [2.05, 4.69) is 5.32 Å². The van der Waals surface area contributed by atoms with Crippen LogP contribution in [0.3, 0.4) is 0 Å². The zero-order valence-corrected chi connectivity index (χ0v) is 7.63. The number of hydrogen-bond acceptors (Lipinski definition) is 3. The average molecular weight is 183 g/mol. The van der Waals surface area contributed by atoms with Gasteiger partial charge in [0.15, 0.2) is 5.72 Å². The van der Waals surface area contributed by atoms with E-state index in [1.54, 1.807) is 0 Å². The van der Waals surface area contributed by atoms with Crippen molar-refractivity contribution in [1.82, 2.24) is 5.32 Å². The fourth-order valence-electron chi connectivity index (χ4n) is 2.36. The molecule has 0 radical (unpaired) electrons. The number of piperidine rings is 1. The molecule has 13 heavy (non-hydrogen) atoms. The average Bonchev–Trinajstić information content (AvgIpc) is 2.24. The van der Waals surface area contributed by atoms with E-state index in [-0.39, 0.29) is 11.9 Å². The first-order chi connectivity index (χ1) is 6.10. The standard InChI is InChI=1S/C9H13NO3/c1-6(11)13-9-3-2-7(5-9)4-8(12)10-9/h7H,2-5H2,1H3,(H,10,12). The maximum absolute atomic E-state index is 11.2. The summed E-state index contributed by atoms with van der Waals surface area (Å²) in [5.41, 5.74) is -0.661. The van der Waals surface area contributed by atoms with Gasteiger partial charge in [-0.05, 0) is 12.3 Å². The smallest absolute Gasteiger partial charge is 0.304 e. The summed E-state index contributed by atoms with van der Waals surface area (Å²) in [6, 6.07) is 0. The number of fused-ring (bicyclic) bond motifs is 2. The Morgan fingerprint density at radius 1 is 1.69 bits per heavy atom. The van der Waals surface area contributed by atoms with Gasteiger partial charge in [-0.2, -0.15) is 0 Å². The molecular weight excluding hydrogens is 170 g/mol. The molecule has 4 nitrogen and oxygen atoms in total. The zero-order chi connectivity index (χ0) is 9.47. The SMILES string of the molecule is CC(=O)OC12CCC(CC(=O)N1)C2. The third-order valence-electron chi connectivity index (χ3n) is 2.76. The molecule has 2 fully saturated rings. The Hall–Kier alpha value is -1.06. The highest BCUT2D eigenvalue weighted by Crippen LogP contribution is 2.40. The Balaban J connectivity index is 2.13. The molecule has 2 bridgehead atoms. The monoisotopic (exact) mass is 183 g/mol. The van der Waals surface area contributed by atoms with E-state index in [4.69, 9.17) is 4.74 Å². The van der Waals surface area contributed by atoms with Crippen LogP contribution in [0.2, 0.25) is 0 Å². The van der Waals surface area contributed by atoms with E-state index < -0.39 is 5.72 Å². The van der Waals surface area contributed by atoms with Crippen molar-refractivity contribution in [1.29, 1.82) is 0 Å². The Morgan fingerprint density at radius 3 is 3.15 bits per heavy atom. The molecule has 2 aliphatic rings. The molecule has 1 heterocycles. The molecule has 2 rings (SSSR count). The van der Waals surface area contributed by atoms with Crippen LogP contribution < -0.4 is 5.32 Å². The van der Waals surface area contributed by atoms with Crippen LogP contribution in [0.15, 0.2) is 0 Å². The van der Waals surface area contributed by atoms with Gasteiger partial charge in [0.25, 0.3) is 0 Å². The largest absolute Gasteiger partial charge is 0.439 e. The van der Waals surface area contributed by atoms with Gasteiger partial charge in [-0.25, -0.2) is 0 Å². The molecular formula is C9H13NO3. The van der Waals surface area contributed by atoms with Crippen molar-refractivity contribution in [2.24, 2.45) is 5.92 Å². The maximum atomic E-state index is 11.2. The maximum Gasteiger partial charge on any atom is 0.304 e. The molecule has 4 heteroatoms. The molecule has 2 unspecified atom stereocenters. The minimum Gasteiger partial charge on any atom is -0.439 e. The lowest BCUT2D eigenvalue weighted by atomic mass is 9.98. The number of rotatable bonds is 1. The Morgan fingerprint density at radius 2 is 2.46 bits per heavy atom. The molecule has 1 N–H and O–H groups in total. The Labute approximate surface area is 76.6 Å². The van der Waals surface area contributed by atoms with Crippen LogP contribution in [-0.4, -0.2) is 17.6 Å². The highest BCUT2D eigenvalue weighted by molar-refractivity contribution is 5.79. The van der Waals surface area contributed by atoms with Gasteiger partial charge in [0.05, 0.1) is 0 Å². The van der Waals surface area contributed by atoms with E-state index in [1.807, 2.05) is 0 Å². The van der Waals surface area contributed by atoms with E-state index in [0.29, 0.717) is 12.3 Å². The second kappa shape index (κ2) is 2.72. The molecule has 1 aliphatic heterocycles. The minimum absolute atomic E-state index is 0.00926. The fourth-order valence-corrected chi connectivity index (χ4v) is 2.36. The predicted molar refractivity (Wildman–Crippen MR) is 44.6 cm³/mol. The van der Waals surface area contributed by atoms with E-state index in [9.17, 15) is 9.59 Å². The van der Waals surface area contributed by atoms with Crippen molar-refractivity contribution in [2.75, 3.05) is 0 Å². The first-order valence-corrected chi connectivity index (χ1v) is 4.60. The number of hydrogen-bond donors (Lipinski definition) is 1. The van der Waals surface area contributed by atoms with Gasteiger partial charge < -0.3 is 10.1 Å². The summed E-state index contributed by atoms with van der Waals surface area (Å²) in [5.74, 6) is 0.103. The van der Waals surface area contributed by atoms with Crippen molar-refractivity contribution in [2.45, 2.75) is 38.3 Å². The lowest BCUT2D eigenvalue weighted by molar-refractivity contribution is -0.165. The van der Waals surface area contributed by atoms with E-state index in [0.717, 1.165) is 19.3 Å². The minimum atomic E-state index is -0.661. The second-order valence-corrected chi connectivity index (χ2v) is 3.95. The highest BCUT2D eigenvalue weighted by atomic mass is 16.6. The van der Waals surface area contributed by atoms with Gasteiger partial charge in [0.2, 0.25) is 5.91 Å². The topological polar surface area (TPSA) is 55.4 Å². The van der Waals surface area contributed by atoms with Crippen molar-refractivity contribution in [3.63, 3.8) is 0 Å². The lowest BCUT2D eigenvalue weighted by Crippen LogP contribution is -2.52. The lowest BCUT2D eigenvalue weighted by Gasteiger charge is -2.33. The normalized spacial score (nSPS) is 37.0. The van der Waals surface area contributed by atoms with Crippen molar-refractivity contribution >= 4 is 11.9 Å². The fraction of sp³-hybridized carbons (Fsp3) is 0.778. The van der Waals surface area contributed by atoms with Gasteiger partial charge >= 0.3 is 5.97 Å². The first-order valence-electron chi connectivity index (χ1n) is 4.60. The predicted octanol–water partition coefficient (Wildman–Crippen LogP) is 0.566. The first kappa shape index (κ1) is 8.53. The van der Waals surface area contributed by atoms with Gasteiger partial charge in [0.1, 0.15) is 0 Å². The van der Waals surface area contributed by atoms with E-state index >= 15 is 0 Å². The zero-order valence-electron chi connectivity index (χ0n) is 7.63. The number of ether oxygens (including phenoxy) is 1. The summed E-state index contributed by atoms with van der Waals surface area (Å²) >= 11 is 0. The van der Waals surface area contributed by atoms with Gasteiger partial charge in [-0.1, -0.05) is 0 Å². The second-order valence-electron chi connectivity index (χ2n) is 3.95. The Kier molecular flexibility index (Phi) is 1.78. The van der Waals surface area contributed by atoms with Crippen LogP contribution in [0.25, 0.3) is 0 Å². The molecule has 0 spiro atoms. The molecule has 1 saturated carbocycles. The van der Waals surface area contributed by atoms with Gasteiger partial charge in [-0.3, -0.25) is 9.59 Å². The summed E-state index contributed by atoms with van der Waals surface area (Å²) in [5, 5.41) is 2.77. The molecule has 0 aromatic carbocycles. The molecule has 1 aliphatic carbocycles. The summed E-state index contributed by atoms with van der Waals surface area (Å²) in [6.45, 7) is 1.38. The number of esters is 1. The number of amides is 1. The van der Waals surface area contributed by atoms with Crippen molar-refractivity contribution in [3.05, 3.63) is 0 Å². The van der Waals surface area contributed by atoms with Crippen LogP contribution in [0.5, 0.6) is 0 Å². The molecule has 1 saturated heterocycles. The molecule has 72 valence electrons. The van der Waals surface area contributed by atoms with E-state index in [1.165, 1.54) is 6.92 Å². The van der Waals surface area contributed by atoms with Crippen molar-refractivity contribution in [3.8, 4) is 0 Å². The number of nitrogens with one attached hydrogen (secondary N) is 1.